The SMILES string of the molecule is CCCN(CC(=O)O)C(=O)CCC1CCOCC1. The third-order valence-electron chi connectivity index (χ3n) is 3.28. The van der Waals surface area contributed by atoms with E-state index >= 15 is 0 Å². The first-order valence-electron chi connectivity index (χ1n) is 6.70. The number of carbonyl (C=O) groups is 2. The van der Waals surface area contributed by atoms with Gasteiger partial charge in [-0.05, 0) is 31.6 Å². The minimum Gasteiger partial charge on any atom is -0.480 e. The van der Waals surface area contributed by atoms with Crippen LogP contribution in [0.4, 0.5) is 0 Å². The van der Waals surface area contributed by atoms with Crippen molar-refractivity contribution in [2.24, 2.45) is 5.92 Å². The second-order valence-electron chi connectivity index (χ2n) is 4.80. The molecule has 1 aliphatic rings. The molecular weight excluding hydrogens is 234 g/mol. The lowest BCUT2D eigenvalue weighted by Gasteiger charge is -2.24. The van der Waals surface area contributed by atoms with Gasteiger partial charge in [-0.3, -0.25) is 9.59 Å². The molecule has 18 heavy (non-hydrogen) atoms. The van der Waals surface area contributed by atoms with Crippen LogP contribution in [0.3, 0.4) is 0 Å². The molecular formula is C13H23NO4. The van der Waals surface area contributed by atoms with Crippen molar-refractivity contribution in [1.82, 2.24) is 4.90 Å². The molecule has 0 aromatic rings. The number of nitrogens with zero attached hydrogens (tertiary/aromatic N) is 1. The molecule has 5 heteroatoms. The molecule has 0 spiro atoms. The molecule has 0 bridgehead atoms. The Balaban J connectivity index is 2.32. The van der Waals surface area contributed by atoms with E-state index in [1.165, 1.54) is 4.90 Å². The highest BCUT2D eigenvalue weighted by molar-refractivity contribution is 5.81. The van der Waals surface area contributed by atoms with Gasteiger partial charge in [0.05, 0.1) is 0 Å². The maximum atomic E-state index is 11.9. The first kappa shape index (κ1) is 15.0. The van der Waals surface area contributed by atoms with E-state index in [-0.39, 0.29) is 12.5 Å². The predicted octanol–water partition coefficient (Wildman–Crippen LogP) is 1.52. The van der Waals surface area contributed by atoms with Crippen LogP contribution < -0.4 is 0 Å². The Hall–Kier alpha value is -1.10. The second kappa shape index (κ2) is 8.08. The Bertz CT molecular complexity index is 274. The van der Waals surface area contributed by atoms with Crippen LogP contribution in [0.2, 0.25) is 0 Å². The van der Waals surface area contributed by atoms with Gasteiger partial charge in [-0.1, -0.05) is 6.92 Å². The normalized spacial score (nSPS) is 16.5. The van der Waals surface area contributed by atoms with Crippen LogP contribution in [0.5, 0.6) is 0 Å². The van der Waals surface area contributed by atoms with Gasteiger partial charge in [0.25, 0.3) is 0 Å². The standard InChI is InChI=1S/C13H23NO4/c1-2-7-14(10-13(16)17)12(15)4-3-11-5-8-18-9-6-11/h11H,2-10H2,1H3,(H,16,17). The van der Waals surface area contributed by atoms with Gasteiger partial charge >= 0.3 is 5.97 Å². The third kappa shape index (κ3) is 5.49. The summed E-state index contributed by atoms with van der Waals surface area (Å²) in [7, 11) is 0. The van der Waals surface area contributed by atoms with Gasteiger partial charge < -0.3 is 14.7 Å². The van der Waals surface area contributed by atoms with Gasteiger partial charge in [0, 0.05) is 26.2 Å². The summed E-state index contributed by atoms with van der Waals surface area (Å²) in [6, 6.07) is 0. The lowest BCUT2D eigenvalue weighted by Crippen LogP contribution is -2.36. The summed E-state index contributed by atoms with van der Waals surface area (Å²) < 4.78 is 5.27. The van der Waals surface area contributed by atoms with Gasteiger partial charge in [0.15, 0.2) is 0 Å². The lowest BCUT2D eigenvalue weighted by molar-refractivity contribution is -0.144. The fourth-order valence-electron chi connectivity index (χ4n) is 2.25. The van der Waals surface area contributed by atoms with Crippen molar-refractivity contribution >= 4 is 11.9 Å². The molecule has 0 atom stereocenters. The molecule has 0 aromatic heterocycles. The van der Waals surface area contributed by atoms with Crippen molar-refractivity contribution in [3.8, 4) is 0 Å². The van der Waals surface area contributed by atoms with Crippen LogP contribution in [0.15, 0.2) is 0 Å². The molecule has 5 nitrogen and oxygen atoms in total. The first-order chi connectivity index (χ1) is 8.63. The quantitative estimate of drug-likeness (QED) is 0.751. The van der Waals surface area contributed by atoms with Crippen molar-refractivity contribution in [1.29, 1.82) is 0 Å². The zero-order chi connectivity index (χ0) is 13.4. The van der Waals surface area contributed by atoms with Crippen molar-refractivity contribution in [3.63, 3.8) is 0 Å². The predicted molar refractivity (Wildman–Crippen MR) is 67.3 cm³/mol. The average molecular weight is 257 g/mol. The van der Waals surface area contributed by atoms with E-state index in [1.807, 2.05) is 6.92 Å². The number of carboxylic acids is 1. The zero-order valence-electron chi connectivity index (χ0n) is 11.1. The Kier molecular flexibility index (Phi) is 6.72. The Morgan fingerprint density at radius 1 is 1.33 bits per heavy atom. The lowest BCUT2D eigenvalue weighted by atomic mass is 9.94. The smallest absolute Gasteiger partial charge is 0.323 e. The molecule has 1 heterocycles. The van der Waals surface area contributed by atoms with E-state index < -0.39 is 5.97 Å². The Labute approximate surface area is 108 Å². The molecule has 0 aromatic carbocycles. The molecule has 0 saturated carbocycles. The number of amides is 1. The first-order valence-corrected chi connectivity index (χ1v) is 6.70. The maximum Gasteiger partial charge on any atom is 0.323 e. The van der Waals surface area contributed by atoms with Gasteiger partial charge in [0.2, 0.25) is 5.91 Å². The molecule has 1 saturated heterocycles. The molecule has 0 unspecified atom stereocenters. The van der Waals surface area contributed by atoms with Crippen molar-refractivity contribution in [3.05, 3.63) is 0 Å². The molecule has 1 N–H and O–H groups in total. The highest BCUT2D eigenvalue weighted by Gasteiger charge is 2.19. The molecule has 1 aliphatic heterocycles. The summed E-state index contributed by atoms with van der Waals surface area (Å²) in [4.78, 5) is 24.1. The van der Waals surface area contributed by atoms with Gasteiger partial charge in [0.1, 0.15) is 6.54 Å². The topological polar surface area (TPSA) is 66.8 Å². The van der Waals surface area contributed by atoms with E-state index in [1.54, 1.807) is 0 Å². The molecule has 0 radical (unpaired) electrons. The summed E-state index contributed by atoms with van der Waals surface area (Å²) in [5.41, 5.74) is 0. The summed E-state index contributed by atoms with van der Waals surface area (Å²) >= 11 is 0. The fraction of sp³-hybridized carbons (Fsp3) is 0.846. The number of aliphatic carboxylic acids is 1. The fourth-order valence-corrected chi connectivity index (χ4v) is 2.25. The number of carbonyl (C=O) groups excluding carboxylic acids is 1. The third-order valence-corrected chi connectivity index (χ3v) is 3.28. The number of hydrogen-bond donors (Lipinski definition) is 1. The summed E-state index contributed by atoms with van der Waals surface area (Å²) in [5.74, 6) is -0.426. The number of ether oxygens (including phenoxy) is 1. The van der Waals surface area contributed by atoms with Crippen LogP contribution in [-0.2, 0) is 14.3 Å². The number of rotatable bonds is 7. The highest BCUT2D eigenvalue weighted by atomic mass is 16.5. The molecule has 1 amide bonds. The van der Waals surface area contributed by atoms with E-state index in [4.69, 9.17) is 9.84 Å². The van der Waals surface area contributed by atoms with Crippen LogP contribution in [0.1, 0.15) is 39.0 Å². The minimum absolute atomic E-state index is 0.0364. The monoisotopic (exact) mass is 257 g/mol. The summed E-state index contributed by atoms with van der Waals surface area (Å²) in [5, 5.41) is 8.77. The van der Waals surface area contributed by atoms with Crippen molar-refractivity contribution < 1.29 is 19.4 Å². The van der Waals surface area contributed by atoms with E-state index in [2.05, 4.69) is 0 Å². The molecule has 0 aliphatic carbocycles. The van der Waals surface area contributed by atoms with Gasteiger partial charge in [-0.15, -0.1) is 0 Å². The minimum atomic E-state index is -0.942. The maximum absolute atomic E-state index is 11.9. The molecule has 104 valence electrons. The van der Waals surface area contributed by atoms with E-state index in [9.17, 15) is 9.59 Å². The van der Waals surface area contributed by atoms with Crippen LogP contribution in [-0.4, -0.2) is 48.2 Å². The summed E-state index contributed by atoms with van der Waals surface area (Å²) in [6.45, 7) is 3.86. The van der Waals surface area contributed by atoms with Crippen LogP contribution >= 0.6 is 0 Å². The molecule has 1 rings (SSSR count). The highest BCUT2D eigenvalue weighted by Crippen LogP contribution is 2.20. The van der Waals surface area contributed by atoms with E-state index in [0.717, 1.165) is 38.9 Å². The van der Waals surface area contributed by atoms with Gasteiger partial charge in [-0.2, -0.15) is 0 Å². The number of carboxylic acid groups (broad SMARTS) is 1. The Morgan fingerprint density at radius 2 is 2.00 bits per heavy atom. The average Bonchev–Trinajstić information content (AvgIpc) is 2.36. The largest absolute Gasteiger partial charge is 0.480 e. The molecule has 1 fully saturated rings. The van der Waals surface area contributed by atoms with Crippen LogP contribution in [0, 0.1) is 5.92 Å². The Morgan fingerprint density at radius 3 is 2.56 bits per heavy atom. The second-order valence-corrected chi connectivity index (χ2v) is 4.80. The van der Waals surface area contributed by atoms with E-state index in [0.29, 0.717) is 18.9 Å². The van der Waals surface area contributed by atoms with Crippen molar-refractivity contribution in [2.45, 2.75) is 39.0 Å². The number of hydrogen-bond acceptors (Lipinski definition) is 3. The summed E-state index contributed by atoms with van der Waals surface area (Å²) in [6.07, 6.45) is 4.12. The van der Waals surface area contributed by atoms with Crippen molar-refractivity contribution in [2.75, 3.05) is 26.3 Å². The van der Waals surface area contributed by atoms with Crippen LogP contribution in [0.25, 0.3) is 0 Å². The van der Waals surface area contributed by atoms with Gasteiger partial charge in [-0.25, -0.2) is 0 Å². The zero-order valence-corrected chi connectivity index (χ0v) is 11.1.